The third-order valence-corrected chi connectivity index (χ3v) is 4.69. The Bertz CT molecular complexity index is 617. The summed E-state index contributed by atoms with van der Waals surface area (Å²) in [5, 5.41) is 9.34. The first-order valence-electron chi connectivity index (χ1n) is 7.83. The van der Waals surface area contributed by atoms with E-state index in [2.05, 4.69) is 4.90 Å². The van der Waals surface area contributed by atoms with Gasteiger partial charge in [0, 0.05) is 18.2 Å². The topological polar surface area (TPSA) is 57.6 Å². The number of hydrogen-bond donors (Lipinski definition) is 1. The number of carboxylic acids is 1. The van der Waals surface area contributed by atoms with E-state index in [-0.39, 0.29) is 5.78 Å². The largest absolute Gasteiger partial charge is 0.480 e. The van der Waals surface area contributed by atoms with Gasteiger partial charge in [-0.15, -0.1) is 0 Å². The summed E-state index contributed by atoms with van der Waals surface area (Å²) in [4.78, 5) is 25.3. The molecule has 4 nitrogen and oxygen atoms in total. The van der Waals surface area contributed by atoms with Gasteiger partial charge in [0.05, 0.1) is 0 Å². The fraction of sp³-hybridized carbons (Fsp3) is 0.556. The fourth-order valence-electron chi connectivity index (χ4n) is 3.32. The van der Waals surface area contributed by atoms with Gasteiger partial charge in [0.15, 0.2) is 5.78 Å². The molecule has 1 fully saturated rings. The molecule has 1 aliphatic carbocycles. The molecule has 0 bridgehead atoms. The van der Waals surface area contributed by atoms with Gasteiger partial charge < -0.3 is 5.11 Å². The lowest BCUT2D eigenvalue weighted by molar-refractivity contribution is -0.143. The Labute approximate surface area is 132 Å². The molecule has 1 unspecified atom stereocenters. The second-order valence-corrected chi connectivity index (χ2v) is 6.46. The number of nitrogens with zero attached hydrogens (tertiary/aromatic N) is 1. The second kappa shape index (κ2) is 6.21. The Kier molecular flexibility index (Phi) is 4.71. The van der Waals surface area contributed by atoms with Crippen LogP contribution in [-0.2, 0) is 11.3 Å². The number of rotatable bonds is 6. The maximum atomic E-state index is 11.9. The number of benzene rings is 1. The minimum Gasteiger partial charge on any atom is -0.480 e. The van der Waals surface area contributed by atoms with Gasteiger partial charge >= 0.3 is 5.97 Å². The molecule has 0 aromatic heterocycles. The summed E-state index contributed by atoms with van der Waals surface area (Å²) in [7, 11) is 0. The van der Waals surface area contributed by atoms with Crippen LogP contribution >= 0.6 is 0 Å². The molecule has 0 amide bonds. The Hall–Kier alpha value is -1.68. The van der Waals surface area contributed by atoms with Crippen LogP contribution in [0.25, 0.3) is 0 Å². The van der Waals surface area contributed by atoms with Crippen molar-refractivity contribution in [3.8, 4) is 0 Å². The predicted octanol–water partition coefficient (Wildman–Crippen LogP) is 3.25. The average molecular weight is 303 g/mol. The minimum atomic E-state index is -0.791. The molecular weight excluding hydrogens is 278 g/mol. The minimum absolute atomic E-state index is 0.0699. The van der Waals surface area contributed by atoms with E-state index in [4.69, 9.17) is 0 Å². The molecule has 1 atom stereocenters. The van der Waals surface area contributed by atoms with Crippen LogP contribution in [0.4, 0.5) is 0 Å². The molecule has 22 heavy (non-hydrogen) atoms. The standard InChI is InChI=1S/C18H25NO3/c1-10-8-11(2)17(14(5)20)12(3)16(10)9-19(15-6-7-15)13(4)18(21)22/h8,13,15H,6-7,9H2,1-5H3,(H,21,22). The van der Waals surface area contributed by atoms with Crippen LogP contribution in [0.1, 0.15) is 59.3 Å². The van der Waals surface area contributed by atoms with E-state index in [1.54, 1.807) is 13.8 Å². The maximum absolute atomic E-state index is 11.9. The smallest absolute Gasteiger partial charge is 0.320 e. The number of carbonyl (C=O) groups is 2. The molecule has 0 aliphatic heterocycles. The number of aliphatic carboxylic acids is 1. The van der Waals surface area contributed by atoms with Crippen molar-refractivity contribution in [3.05, 3.63) is 33.9 Å². The molecule has 0 spiro atoms. The highest BCUT2D eigenvalue weighted by Crippen LogP contribution is 2.32. The molecule has 1 N–H and O–H groups in total. The Morgan fingerprint density at radius 2 is 1.86 bits per heavy atom. The first kappa shape index (κ1) is 16.7. The van der Waals surface area contributed by atoms with E-state index in [0.717, 1.165) is 40.7 Å². The zero-order valence-electron chi connectivity index (χ0n) is 14.1. The van der Waals surface area contributed by atoms with Gasteiger partial charge in [-0.1, -0.05) is 6.07 Å². The van der Waals surface area contributed by atoms with Gasteiger partial charge in [0.2, 0.25) is 0 Å². The summed E-state index contributed by atoms with van der Waals surface area (Å²) in [6.45, 7) is 9.89. The lowest BCUT2D eigenvalue weighted by Crippen LogP contribution is -2.40. The van der Waals surface area contributed by atoms with Gasteiger partial charge in [0.1, 0.15) is 6.04 Å². The highest BCUT2D eigenvalue weighted by Gasteiger charge is 2.35. The van der Waals surface area contributed by atoms with E-state index in [1.807, 2.05) is 26.8 Å². The van der Waals surface area contributed by atoms with Crippen molar-refractivity contribution in [2.75, 3.05) is 0 Å². The fourth-order valence-corrected chi connectivity index (χ4v) is 3.32. The third-order valence-electron chi connectivity index (χ3n) is 4.69. The van der Waals surface area contributed by atoms with Gasteiger partial charge in [-0.3, -0.25) is 14.5 Å². The van der Waals surface area contributed by atoms with Crippen LogP contribution in [0.15, 0.2) is 6.07 Å². The van der Waals surface area contributed by atoms with Crippen LogP contribution in [0, 0.1) is 20.8 Å². The third kappa shape index (κ3) is 3.22. The molecule has 2 rings (SSSR count). The van der Waals surface area contributed by atoms with E-state index in [0.29, 0.717) is 12.6 Å². The SMILES string of the molecule is CC(=O)c1c(C)cc(C)c(CN(C2CC2)C(C)C(=O)O)c1C. The summed E-state index contributed by atoms with van der Waals surface area (Å²) in [5.74, 6) is -0.721. The number of Topliss-reactive ketones (excluding diaryl/α,β-unsaturated/α-hetero) is 1. The van der Waals surface area contributed by atoms with Gasteiger partial charge in [0.25, 0.3) is 0 Å². The lowest BCUT2D eigenvalue weighted by Gasteiger charge is -2.28. The number of carbonyl (C=O) groups excluding carboxylic acids is 1. The number of hydrogen-bond acceptors (Lipinski definition) is 3. The van der Waals surface area contributed by atoms with Crippen molar-refractivity contribution < 1.29 is 14.7 Å². The second-order valence-electron chi connectivity index (χ2n) is 6.46. The summed E-state index contributed by atoms with van der Waals surface area (Å²) in [6, 6.07) is 1.88. The predicted molar refractivity (Wildman–Crippen MR) is 86.3 cm³/mol. The molecule has 1 saturated carbocycles. The number of ketones is 1. The summed E-state index contributed by atoms with van der Waals surface area (Å²) < 4.78 is 0. The molecule has 1 aromatic rings. The normalized spacial score (nSPS) is 15.9. The quantitative estimate of drug-likeness (QED) is 0.820. The highest BCUT2D eigenvalue weighted by molar-refractivity contribution is 5.97. The first-order valence-corrected chi connectivity index (χ1v) is 7.83. The van der Waals surface area contributed by atoms with Crippen LogP contribution in [0.2, 0.25) is 0 Å². The Morgan fingerprint density at radius 1 is 1.27 bits per heavy atom. The van der Waals surface area contributed by atoms with Crippen molar-refractivity contribution in [3.63, 3.8) is 0 Å². The van der Waals surface area contributed by atoms with E-state index < -0.39 is 12.0 Å². The van der Waals surface area contributed by atoms with Crippen molar-refractivity contribution in [1.82, 2.24) is 4.90 Å². The van der Waals surface area contributed by atoms with Crippen LogP contribution in [0.5, 0.6) is 0 Å². The molecular formula is C18H25NO3. The molecule has 0 radical (unpaired) electrons. The molecule has 120 valence electrons. The Balaban J connectivity index is 2.41. The van der Waals surface area contributed by atoms with E-state index >= 15 is 0 Å². The van der Waals surface area contributed by atoms with Crippen LogP contribution in [0.3, 0.4) is 0 Å². The van der Waals surface area contributed by atoms with Crippen molar-refractivity contribution >= 4 is 11.8 Å². The van der Waals surface area contributed by atoms with Crippen molar-refractivity contribution in [2.24, 2.45) is 0 Å². The first-order chi connectivity index (χ1) is 10.2. The summed E-state index contributed by atoms with van der Waals surface area (Å²) in [5.41, 5.74) is 4.99. The monoisotopic (exact) mass is 303 g/mol. The van der Waals surface area contributed by atoms with Crippen LogP contribution < -0.4 is 0 Å². The molecule has 1 aromatic carbocycles. The summed E-state index contributed by atoms with van der Waals surface area (Å²) >= 11 is 0. The van der Waals surface area contributed by atoms with E-state index in [1.165, 1.54) is 0 Å². The highest BCUT2D eigenvalue weighted by atomic mass is 16.4. The molecule has 0 heterocycles. The molecule has 1 aliphatic rings. The van der Waals surface area contributed by atoms with E-state index in [9.17, 15) is 14.7 Å². The van der Waals surface area contributed by atoms with Gasteiger partial charge in [-0.2, -0.15) is 0 Å². The van der Waals surface area contributed by atoms with Gasteiger partial charge in [-0.25, -0.2) is 0 Å². The van der Waals surface area contributed by atoms with Crippen molar-refractivity contribution in [2.45, 2.75) is 66.1 Å². The molecule has 0 saturated heterocycles. The Morgan fingerprint density at radius 3 is 2.32 bits per heavy atom. The maximum Gasteiger partial charge on any atom is 0.320 e. The number of carboxylic acid groups (broad SMARTS) is 1. The van der Waals surface area contributed by atoms with Crippen LogP contribution in [-0.4, -0.2) is 33.8 Å². The zero-order chi connectivity index (χ0) is 16.6. The van der Waals surface area contributed by atoms with Crippen molar-refractivity contribution in [1.29, 1.82) is 0 Å². The molecule has 4 heteroatoms. The number of aryl methyl sites for hydroxylation is 2. The van der Waals surface area contributed by atoms with Gasteiger partial charge in [-0.05, 0) is 69.7 Å². The lowest BCUT2D eigenvalue weighted by atomic mass is 9.91. The zero-order valence-corrected chi connectivity index (χ0v) is 14.1. The summed E-state index contributed by atoms with van der Waals surface area (Å²) in [6.07, 6.45) is 2.11. The average Bonchev–Trinajstić information content (AvgIpc) is 3.21.